The van der Waals surface area contributed by atoms with Gasteiger partial charge in [-0.1, -0.05) is 12.1 Å². The van der Waals surface area contributed by atoms with Gasteiger partial charge >= 0.3 is 6.18 Å². The average molecular weight is 325 g/mol. The zero-order chi connectivity index (χ0) is 17.3. The van der Waals surface area contributed by atoms with Crippen LogP contribution in [-0.2, 0) is 18.3 Å². The second-order valence-corrected chi connectivity index (χ2v) is 6.22. The van der Waals surface area contributed by atoms with Gasteiger partial charge in [0.2, 0.25) is 0 Å². The number of hydrogen-bond donors (Lipinski definition) is 1. The van der Waals surface area contributed by atoms with Crippen LogP contribution in [0.15, 0.2) is 36.7 Å². The topological polar surface area (TPSA) is 46.9 Å². The van der Waals surface area contributed by atoms with Crippen molar-refractivity contribution in [1.82, 2.24) is 15.1 Å². The smallest absolute Gasteiger partial charge is 0.348 e. The predicted octanol–water partition coefficient (Wildman–Crippen LogP) is 3.59. The normalized spacial score (nSPS) is 12.3. The second-order valence-electron chi connectivity index (χ2n) is 6.22. The van der Waals surface area contributed by atoms with E-state index in [9.17, 15) is 18.0 Å². The minimum Gasteiger partial charge on any atom is -0.348 e. The molecule has 0 aliphatic carbocycles. The van der Waals surface area contributed by atoms with Gasteiger partial charge in [0.1, 0.15) is 0 Å². The van der Waals surface area contributed by atoms with Gasteiger partial charge in [0.25, 0.3) is 5.91 Å². The number of aromatic nitrogens is 2. The number of nitrogens with one attached hydrogen (secondary N) is 1. The van der Waals surface area contributed by atoms with Crippen molar-refractivity contribution in [2.75, 3.05) is 0 Å². The van der Waals surface area contributed by atoms with Crippen molar-refractivity contribution < 1.29 is 18.0 Å². The summed E-state index contributed by atoms with van der Waals surface area (Å²) in [5.41, 5.74) is 0.0619. The van der Waals surface area contributed by atoms with E-state index in [2.05, 4.69) is 10.4 Å². The Bertz CT molecular complexity index is 682. The maximum absolute atomic E-state index is 12.5. The standard InChI is InChI=1S/C16H18F3N3O/c1-15(2,3)22-10-12(9-21-22)14(23)20-8-11-4-6-13(7-5-11)16(17,18)19/h4-7,9-10H,8H2,1-3H3,(H,20,23). The van der Waals surface area contributed by atoms with Crippen molar-refractivity contribution in [2.24, 2.45) is 0 Å². The largest absolute Gasteiger partial charge is 0.416 e. The molecule has 2 aromatic rings. The molecule has 0 bridgehead atoms. The molecule has 0 saturated heterocycles. The molecule has 4 nitrogen and oxygen atoms in total. The highest BCUT2D eigenvalue weighted by Gasteiger charge is 2.29. The quantitative estimate of drug-likeness (QED) is 0.937. The van der Waals surface area contributed by atoms with Gasteiger partial charge in [0.05, 0.1) is 22.9 Å². The Morgan fingerprint density at radius 2 is 1.78 bits per heavy atom. The Kier molecular flexibility index (Phi) is 4.49. The van der Waals surface area contributed by atoms with E-state index in [1.165, 1.54) is 18.3 Å². The van der Waals surface area contributed by atoms with E-state index in [0.717, 1.165) is 12.1 Å². The lowest BCUT2D eigenvalue weighted by atomic mass is 10.1. The molecule has 0 aliphatic rings. The number of carbonyl (C=O) groups excluding carboxylic acids is 1. The Hall–Kier alpha value is -2.31. The van der Waals surface area contributed by atoms with Crippen LogP contribution in [0.3, 0.4) is 0 Å². The number of alkyl halides is 3. The zero-order valence-corrected chi connectivity index (χ0v) is 13.1. The molecular formula is C16H18F3N3O. The second kappa shape index (κ2) is 6.06. The molecule has 23 heavy (non-hydrogen) atoms. The predicted molar refractivity (Wildman–Crippen MR) is 79.8 cm³/mol. The van der Waals surface area contributed by atoms with Crippen LogP contribution in [0.2, 0.25) is 0 Å². The van der Waals surface area contributed by atoms with E-state index in [0.29, 0.717) is 11.1 Å². The molecule has 0 saturated carbocycles. The minimum atomic E-state index is -4.36. The summed E-state index contributed by atoms with van der Waals surface area (Å²) in [5, 5.41) is 6.80. The third kappa shape index (κ3) is 4.34. The van der Waals surface area contributed by atoms with Gasteiger partial charge in [-0.15, -0.1) is 0 Å². The van der Waals surface area contributed by atoms with Crippen LogP contribution in [0.5, 0.6) is 0 Å². The fourth-order valence-corrected chi connectivity index (χ4v) is 1.90. The van der Waals surface area contributed by atoms with Gasteiger partial charge in [-0.25, -0.2) is 0 Å². The van der Waals surface area contributed by atoms with E-state index in [-0.39, 0.29) is 18.0 Å². The lowest BCUT2D eigenvalue weighted by Gasteiger charge is -2.18. The molecule has 0 unspecified atom stereocenters. The first-order chi connectivity index (χ1) is 10.6. The van der Waals surface area contributed by atoms with E-state index < -0.39 is 11.7 Å². The number of rotatable bonds is 3. The number of benzene rings is 1. The van der Waals surface area contributed by atoms with E-state index in [1.807, 2.05) is 20.8 Å². The molecule has 7 heteroatoms. The number of amides is 1. The molecule has 0 radical (unpaired) electrons. The molecule has 2 rings (SSSR count). The fraction of sp³-hybridized carbons (Fsp3) is 0.375. The van der Waals surface area contributed by atoms with Crippen LogP contribution in [0.25, 0.3) is 0 Å². The molecule has 124 valence electrons. The van der Waals surface area contributed by atoms with Crippen LogP contribution < -0.4 is 5.32 Å². The molecule has 1 heterocycles. The van der Waals surface area contributed by atoms with Gasteiger partial charge in [0.15, 0.2) is 0 Å². The van der Waals surface area contributed by atoms with Crippen molar-refractivity contribution >= 4 is 5.91 Å². The lowest BCUT2D eigenvalue weighted by Crippen LogP contribution is -2.24. The van der Waals surface area contributed by atoms with Gasteiger partial charge in [-0.05, 0) is 38.5 Å². The SMILES string of the molecule is CC(C)(C)n1cc(C(=O)NCc2ccc(C(F)(F)F)cc2)cn1. The third-order valence-corrected chi connectivity index (χ3v) is 3.27. The highest BCUT2D eigenvalue weighted by molar-refractivity contribution is 5.93. The molecule has 0 fully saturated rings. The highest BCUT2D eigenvalue weighted by atomic mass is 19.4. The van der Waals surface area contributed by atoms with Crippen LogP contribution in [0, 0.1) is 0 Å². The molecule has 1 aromatic heterocycles. The fourth-order valence-electron chi connectivity index (χ4n) is 1.90. The molecule has 1 N–H and O–H groups in total. The summed E-state index contributed by atoms with van der Waals surface area (Å²) in [6.07, 6.45) is -1.25. The molecule has 0 aliphatic heterocycles. The van der Waals surface area contributed by atoms with E-state index >= 15 is 0 Å². The van der Waals surface area contributed by atoms with Crippen molar-refractivity contribution in [3.8, 4) is 0 Å². The summed E-state index contributed by atoms with van der Waals surface area (Å²) in [6, 6.07) is 4.70. The number of nitrogens with zero attached hydrogens (tertiary/aromatic N) is 2. The maximum Gasteiger partial charge on any atom is 0.416 e. The first-order valence-corrected chi connectivity index (χ1v) is 7.07. The summed E-state index contributed by atoms with van der Waals surface area (Å²) in [6.45, 7) is 6.04. The van der Waals surface area contributed by atoms with Crippen LogP contribution in [-0.4, -0.2) is 15.7 Å². The van der Waals surface area contributed by atoms with Crippen molar-refractivity contribution in [1.29, 1.82) is 0 Å². The Balaban J connectivity index is 1.98. The van der Waals surface area contributed by atoms with Gasteiger partial charge in [-0.2, -0.15) is 18.3 Å². The summed E-state index contributed by atoms with van der Waals surface area (Å²) >= 11 is 0. The lowest BCUT2D eigenvalue weighted by molar-refractivity contribution is -0.137. The summed E-state index contributed by atoms with van der Waals surface area (Å²) in [7, 11) is 0. The third-order valence-electron chi connectivity index (χ3n) is 3.27. The van der Waals surface area contributed by atoms with E-state index in [1.54, 1.807) is 10.9 Å². The van der Waals surface area contributed by atoms with Crippen molar-refractivity contribution in [2.45, 2.75) is 39.0 Å². The summed E-state index contributed by atoms with van der Waals surface area (Å²) in [5.74, 6) is -0.319. The summed E-state index contributed by atoms with van der Waals surface area (Å²) in [4.78, 5) is 12.0. The van der Waals surface area contributed by atoms with Gasteiger partial charge < -0.3 is 5.32 Å². The number of carbonyl (C=O) groups is 1. The van der Waals surface area contributed by atoms with Crippen LogP contribution >= 0.6 is 0 Å². The summed E-state index contributed by atoms with van der Waals surface area (Å²) < 4.78 is 39.1. The monoisotopic (exact) mass is 325 g/mol. The highest BCUT2D eigenvalue weighted by Crippen LogP contribution is 2.29. The van der Waals surface area contributed by atoms with E-state index in [4.69, 9.17) is 0 Å². The molecule has 1 aromatic carbocycles. The van der Waals surface area contributed by atoms with Crippen LogP contribution in [0.1, 0.15) is 42.3 Å². The average Bonchev–Trinajstić information content (AvgIpc) is 2.94. The van der Waals surface area contributed by atoms with Gasteiger partial charge in [-0.3, -0.25) is 9.48 Å². The van der Waals surface area contributed by atoms with Crippen molar-refractivity contribution in [3.05, 3.63) is 53.3 Å². The minimum absolute atomic E-state index is 0.150. The maximum atomic E-state index is 12.5. The first kappa shape index (κ1) is 17.1. The van der Waals surface area contributed by atoms with Gasteiger partial charge in [0, 0.05) is 12.7 Å². The number of hydrogen-bond acceptors (Lipinski definition) is 2. The Labute approximate surface area is 132 Å². The Morgan fingerprint density at radius 1 is 1.17 bits per heavy atom. The Morgan fingerprint density at radius 3 is 2.26 bits per heavy atom. The molecular weight excluding hydrogens is 307 g/mol. The molecule has 0 spiro atoms. The molecule has 0 atom stereocenters. The number of halogens is 3. The van der Waals surface area contributed by atoms with Crippen LogP contribution in [0.4, 0.5) is 13.2 Å². The zero-order valence-electron chi connectivity index (χ0n) is 13.1. The van der Waals surface area contributed by atoms with Crippen molar-refractivity contribution in [3.63, 3.8) is 0 Å². The first-order valence-electron chi connectivity index (χ1n) is 7.07. The molecule has 1 amide bonds.